The van der Waals surface area contributed by atoms with Gasteiger partial charge >= 0.3 is 0 Å². The van der Waals surface area contributed by atoms with E-state index in [9.17, 15) is 18.8 Å². The summed E-state index contributed by atoms with van der Waals surface area (Å²) in [5, 5.41) is 5.36. The van der Waals surface area contributed by atoms with Crippen LogP contribution in [-0.4, -0.2) is 30.8 Å². The highest BCUT2D eigenvalue weighted by molar-refractivity contribution is 6.22. The normalized spacial score (nSPS) is 19.8. The second-order valence-electron chi connectivity index (χ2n) is 5.94. The van der Waals surface area contributed by atoms with E-state index in [1.807, 2.05) is 0 Å². The van der Waals surface area contributed by atoms with Crippen molar-refractivity contribution in [3.63, 3.8) is 0 Å². The number of anilines is 1. The Morgan fingerprint density at radius 1 is 0.960 bits per heavy atom. The van der Waals surface area contributed by atoms with Crippen LogP contribution in [0.2, 0.25) is 0 Å². The predicted octanol–water partition coefficient (Wildman–Crippen LogP) is 1.39. The lowest BCUT2D eigenvalue weighted by molar-refractivity contribution is -0.121. The largest absolute Gasteiger partial charge is 0.309 e. The lowest BCUT2D eigenvalue weighted by Crippen LogP contribution is -2.50. The Morgan fingerprint density at radius 2 is 1.68 bits per heavy atom. The van der Waals surface area contributed by atoms with E-state index < -0.39 is 17.9 Å². The average Bonchev–Trinajstić information content (AvgIpc) is 2.90. The Bertz CT molecular complexity index is 895. The molecule has 4 rings (SSSR count). The average molecular weight is 339 g/mol. The quantitative estimate of drug-likeness (QED) is 0.811. The number of carbonyl (C=O) groups is 3. The van der Waals surface area contributed by atoms with Gasteiger partial charge in [-0.2, -0.15) is 0 Å². The van der Waals surface area contributed by atoms with Crippen LogP contribution in [0.5, 0.6) is 0 Å². The first-order valence-electron chi connectivity index (χ1n) is 7.84. The van der Waals surface area contributed by atoms with Crippen molar-refractivity contribution < 1.29 is 18.8 Å². The summed E-state index contributed by atoms with van der Waals surface area (Å²) in [6, 6.07) is 9.95. The molecule has 0 saturated carbocycles. The van der Waals surface area contributed by atoms with E-state index >= 15 is 0 Å². The van der Waals surface area contributed by atoms with Crippen LogP contribution in [-0.2, 0) is 4.79 Å². The van der Waals surface area contributed by atoms with E-state index in [0.29, 0.717) is 29.9 Å². The van der Waals surface area contributed by atoms with Crippen molar-refractivity contribution in [2.75, 3.05) is 18.0 Å². The van der Waals surface area contributed by atoms with E-state index in [4.69, 9.17) is 0 Å². The Balaban J connectivity index is 1.66. The van der Waals surface area contributed by atoms with E-state index in [-0.39, 0.29) is 17.3 Å². The minimum atomic E-state index is -0.585. The molecule has 1 atom stereocenters. The Labute approximate surface area is 142 Å². The van der Waals surface area contributed by atoms with E-state index in [1.165, 1.54) is 12.1 Å². The second-order valence-corrected chi connectivity index (χ2v) is 5.94. The maximum absolute atomic E-state index is 13.1. The molecule has 2 N–H and O–H groups in total. The molecule has 2 aromatic rings. The molecule has 2 aliphatic rings. The summed E-state index contributed by atoms with van der Waals surface area (Å²) in [6.45, 7) is 0.987. The van der Waals surface area contributed by atoms with Crippen LogP contribution in [0, 0.1) is 5.82 Å². The molecule has 7 heteroatoms. The van der Waals surface area contributed by atoms with Crippen LogP contribution in [0.25, 0.3) is 0 Å². The van der Waals surface area contributed by atoms with Crippen LogP contribution < -0.4 is 15.5 Å². The SMILES string of the molecule is O=C1NC(=O)c2cc(N3CCNC(c4ccc(F)cc4)C3=O)ccc21. The smallest absolute Gasteiger partial charge is 0.259 e. The van der Waals surface area contributed by atoms with Gasteiger partial charge in [-0.05, 0) is 35.9 Å². The fourth-order valence-corrected chi connectivity index (χ4v) is 3.17. The van der Waals surface area contributed by atoms with Gasteiger partial charge in [0.1, 0.15) is 11.9 Å². The zero-order valence-electron chi connectivity index (χ0n) is 13.1. The molecule has 6 nitrogen and oxygen atoms in total. The first-order chi connectivity index (χ1) is 12.0. The number of hydrogen-bond donors (Lipinski definition) is 2. The number of amides is 3. The number of nitrogens with one attached hydrogen (secondary N) is 2. The number of rotatable bonds is 2. The van der Waals surface area contributed by atoms with Gasteiger partial charge in [-0.3, -0.25) is 19.7 Å². The van der Waals surface area contributed by atoms with Gasteiger partial charge in [-0.1, -0.05) is 12.1 Å². The van der Waals surface area contributed by atoms with Gasteiger partial charge in [-0.15, -0.1) is 0 Å². The topological polar surface area (TPSA) is 78.5 Å². The van der Waals surface area contributed by atoms with E-state index in [0.717, 1.165) is 0 Å². The molecule has 1 unspecified atom stereocenters. The summed E-state index contributed by atoms with van der Waals surface area (Å²) >= 11 is 0. The van der Waals surface area contributed by atoms with Crippen molar-refractivity contribution in [2.24, 2.45) is 0 Å². The number of carbonyl (C=O) groups excluding carboxylic acids is 3. The Morgan fingerprint density at radius 3 is 2.44 bits per heavy atom. The van der Waals surface area contributed by atoms with Crippen molar-refractivity contribution >= 4 is 23.4 Å². The summed E-state index contributed by atoms with van der Waals surface area (Å²) in [6.07, 6.45) is 0. The second kappa shape index (κ2) is 5.78. The lowest BCUT2D eigenvalue weighted by Gasteiger charge is -2.33. The predicted molar refractivity (Wildman–Crippen MR) is 87.7 cm³/mol. The highest BCUT2D eigenvalue weighted by Gasteiger charge is 2.33. The van der Waals surface area contributed by atoms with Gasteiger partial charge in [0.05, 0.1) is 11.1 Å². The number of benzene rings is 2. The fourth-order valence-electron chi connectivity index (χ4n) is 3.17. The Hall–Kier alpha value is -3.06. The van der Waals surface area contributed by atoms with Crippen LogP contribution in [0.1, 0.15) is 32.3 Å². The number of fused-ring (bicyclic) bond motifs is 1. The molecule has 0 aliphatic carbocycles. The standard InChI is InChI=1S/C18H14FN3O3/c19-11-3-1-10(2-4-11)15-18(25)22(8-7-20-15)12-5-6-13-14(9-12)17(24)21-16(13)23/h1-6,9,15,20H,7-8H2,(H,21,23,24). The maximum atomic E-state index is 13.1. The monoisotopic (exact) mass is 339 g/mol. The van der Waals surface area contributed by atoms with Crippen molar-refractivity contribution in [3.05, 3.63) is 65.0 Å². The summed E-state index contributed by atoms with van der Waals surface area (Å²) in [7, 11) is 0. The summed E-state index contributed by atoms with van der Waals surface area (Å²) in [5.74, 6) is -1.44. The van der Waals surface area contributed by atoms with Crippen LogP contribution in [0.15, 0.2) is 42.5 Å². The third-order valence-electron chi connectivity index (χ3n) is 4.43. The molecular weight excluding hydrogens is 325 g/mol. The third kappa shape index (κ3) is 2.58. The summed E-state index contributed by atoms with van der Waals surface area (Å²) < 4.78 is 13.1. The van der Waals surface area contributed by atoms with Gasteiger partial charge in [0.15, 0.2) is 0 Å². The van der Waals surface area contributed by atoms with E-state index in [2.05, 4.69) is 10.6 Å². The number of halogens is 1. The van der Waals surface area contributed by atoms with Gasteiger partial charge in [-0.25, -0.2) is 4.39 Å². The first kappa shape index (κ1) is 15.5. The molecule has 0 radical (unpaired) electrons. The van der Waals surface area contributed by atoms with Crippen LogP contribution in [0.3, 0.4) is 0 Å². The maximum Gasteiger partial charge on any atom is 0.259 e. The van der Waals surface area contributed by atoms with Crippen LogP contribution in [0.4, 0.5) is 10.1 Å². The molecule has 126 valence electrons. The number of nitrogens with zero attached hydrogens (tertiary/aromatic N) is 1. The Kier molecular flexibility index (Phi) is 3.58. The van der Waals surface area contributed by atoms with Crippen molar-refractivity contribution in [1.29, 1.82) is 0 Å². The van der Waals surface area contributed by atoms with Crippen LogP contribution >= 0.6 is 0 Å². The highest BCUT2D eigenvalue weighted by atomic mass is 19.1. The number of imide groups is 1. The summed E-state index contributed by atoms with van der Waals surface area (Å²) in [4.78, 5) is 37.9. The minimum absolute atomic E-state index is 0.192. The highest BCUT2D eigenvalue weighted by Crippen LogP contribution is 2.27. The van der Waals surface area contributed by atoms with Crippen molar-refractivity contribution in [2.45, 2.75) is 6.04 Å². The fraction of sp³-hybridized carbons (Fsp3) is 0.167. The molecule has 0 aromatic heterocycles. The lowest BCUT2D eigenvalue weighted by atomic mass is 10.0. The molecule has 0 spiro atoms. The molecule has 2 aliphatic heterocycles. The number of piperazine rings is 1. The van der Waals surface area contributed by atoms with Gasteiger partial charge < -0.3 is 10.2 Å². The molecule has 1 fully saturated rings. The van der Waals surface area contributed by atoms with Gasteiger partial charge in [0.2, 0.25) is 5.91 Å². The van der Waals surface area contributed by atoms with Crippen molar-refractivity contribution in [3.8, 4) is 0 Å². The molecule has 2 heterocycles. The first-order valence-corrected chi connectivity index (χ1v) is 7.84. The van der Waals surface area contributed by atoms with Gasteiger partial charge in [0.25, 0.3) is 11.8 Å². The summed E-state index contributed by atoms with van der Waals surface area (Å²) in [5.41, 5.74) is 1.81. The molecule has 25 heavy (non-hydrogen) atoms. The minimum Gasteiger partial charge on any atom is -0.309 e. The van der Waals surface area contributed by atoms with Gasteiger partial charge in [0, 0.05) is 18.8 Å². The molecule has 3 amide bonds. The zero-order chi connectivity index (χ0) is 17.6. The molecular formula is C18H14FN3O3. The van der Waals surface area contributed by atoms with E-state index in [1.54, 1.807) is 35.2 Å². The molecule has 0 bridgehead atoms. The number of hydrogen-bond acceptors (Lipinski definition) is 4. The van der Waals surface area contributed by atoms with Crippen molar-refractivity contribution in [1.82, 2.24) is 10.6 Å². The zero-order valence-corrected chi connectivity index (χ0v) is 13.1. The molecule has 1 saturated heterocycles. The molecule has 2 aromatic carbocycles. The third-order valence-corrected chi connectivity index (χ3v) is 4.43.